The lowest BCUT2D eigenvalue weighted by molar-refractivity contribution is -0.117. The van der Waals surface area contributed by atoms with Crippen LogP contribution >= 0.6 is 0 Å². The Bertz CT molecular complexity index is 678. The highest BCUT2D eigenvalue weighted by atomic mass is 16.5. The Morgan fingerprint density at radius 2 is 2.26 bits per heavy atom. The molecule has 2 atom stereocenters. The predicted octanol–water partition coefficient (Wildman–Crippen LogP) is 2.59. The number of hydrogen-bond donors (Lipinski definition) is 1. The summed E-state index contributed by atoms with van der Waals surface area (Å²) in [6, 6.07) is 3.60. The van der Waals surface area contributed by atoms with Crippen LogP contribution in [0.25, 0.3) is 0 Å². The monoisotopic (exact) mass is 314 g/mol. The number of ether oxygens (including phenoxy) is 1. The van der Waals surface area contributed by atoms with E-state index in [-0.39, 0.29) is 17.7 Å². The van der Waals surface area contributed by atoms with Crippen molar-refractivity contribution < 1.29 is 9.53 Å². The van der Waals surface area contributed by atoms with E-state index in [1.54, 1.807) is 16.9 Å². The minimum atomic E-state index is 0.0241. The number of carbonyl (C=O) groups excluding carboxylic acids is 1. The van der Waals surface area contributed by atoms with Crippen LogP contribution in [0.15, 0.2) is 30.7 Å². The van der Waals surface area contributed by atoms with E-state index in [0.29, 0.717) is 24.1 Å². The van der Waals surface area contributed by atoms with Gasteiger partial charge in [-0.2, -0.15) is 5.10 Å². The second kappa shape index (κ2) is 6.40. The number of amides is 1. The Morgan fingerprint density at radius 3 is 2.87 bits per heavy atom. The Kier molecular flexibility index (Phi) is 4.32. The van der Waals surface area contributed by atoms with Crippen LogP contribution in [0.1, 0.15) is 31.7 Å². The van der Waals surface area contributed by atoms with E-state index in [1.165, 1.54) is 0 Å². The zero-order chi connectivity index (χ0) is 16.4. The van der Waals surface area contributed by atoms with Gasteiger partial charge in [-0.05, 0) is 29.9 Å². The topological polar surface area (TPSA) is 69.0 Å². The Morgan fingerprint density at radius 1 is 1.43 bits per heavy atom. The molecular formula is C17H22N4O2. The van der Waals surface area contributed by atoms with E-state index in [2.05, 4.69) is 29.2 Å². The fourth-order valence-corrected chi connectivity index (χ4v) is 2.51. The lowest BCUT2D eigenvalue weighted by Crippen LogP contribution is -2.14. The third kappa shape index (κ3) is 3.88. The molecule has 0 bridgehead atoms. The molecule has 0 aromatic carbocycles. The summed E-state index contributed by atoms with van der Waals surface area (Å²) in [7, 11) is 1.88. The molecule has 6 heteroatoms. The van der Waals surface area contributed by atoms with Gasteiger partial charge in [0.15, 0.2) is 0 Å². The average Bonchev–Trinajstić information content (AvgIpc) is 3.21. The summed E-state index contributed by atoms with van der Waals surface area (Å²) in [6.07, 6.45) is 6.32. The van der Waals surface area contributed by atoms with Crippen molar-refractivity contribution in [3.8, 4) is 5.88 Å². The van der Waals surface area contributed by atoms with Crippen LogP contribution in [0.4, 0.5) is 5.69 Å². The number of anilines is 1. The molecule has 2 heterocycles. The number of carbonyl (C=O) groups is 1. The first kappa shape index (κ1) is 15.5. The molecule has 3 rings (SSSR count). The normalized spacial score (nSPS) is 19.7. The van der Waals surface area contributed by atoms with E-state index in [9.17, 15) is 4.79 Å². The van der Waals surface area contributed by atoms with Crippen LogP contribution in [0.2, 0.25) is 0 Å². The molecule has 1 amide bonds. The largest absolute Gasteiger partial charge is 0.477 e. The first-order valence-corrected chi connectivity index (χ1v) is 7.91. The van der Waals surface area contributed by atoms with Gasteiger partial charge in [-0.15, -0.1) is 0 Å². The van der Waals surface area contributed by atoms with E-state index in [1.807, 2.05) is 25.5 Å². The summed E-state index contributed by atoms with van der Waals surface area (Å²) in [5.41, 5.74) is 1.83. The summed E-state index contributed by atoms with van der Waals surface area (Å²) in [5.74, 6) is 1.38. The fourth-order valence-electron chi connectivity index (χ4n) is 2.51. The van der Waals surface area contributed by atoms with Crippen molar-refractivity contribution >= 4 is 11.6 Å². The third-order valence-electron chi connectivity index (χ3n) is 3.85. The molecule has 122 valence electrons. The summed E-state index contributed by atoms with van der Waals surface area (Å²) in [5, 5.41) is 7.07. The third-order valence-corrected chi connectivity index (χ3v) is 3.85. The molecule has 2 aromatic rings. The zero-order valence-corrected chi connectivity index (χ0v) is 13.7. The molecule has 0 saturated heterocycles. The number of hydrogen-bond acceptors (Lipinski definition) is 4. The molecule has 0 unspecified atom stereocenters. The number of aromatic nitrogens is 3. The molecule has 0 radical (unpaired) electrons. The molecule has 0 aliphatic heterocycles. The maximum atomic E-state index is 12.3. The van der Waals surface area contributed by atoms with Gasteiger partial charge >= 0.3 is 0 Å². The minimum Gasteiger partial charge on any atom is -0.477 e. The van der Waals surface area contributed by atoms with E-state index < -0.39 is 0 Å². The average molecular weight is 314 g/mol. The van der Waals surface area contributed by atoms with Crippen molar-refractivity contribution in [2.75, 3.05) is 11.9 Å². The van der Waals surface area contributed by atoms with Gasteiger partial charge in [0.05, 0.1) is 24.7 Å². The highest BCUT2D eigenvalue weighted by Crippen LogP contribution is 2.47. The molecule has 1 N–H and O–H groups in total. The Labute approximate surface area is 135 Å². The number of aryl methyl sites for hydroxylation is 1. The van der Waals surface area contributed by atoms with Gasteiger partial charge in [0.2, 0.25) is 11.8 Å². The Hall–Kier alpha value is -2.37. The number of rotatable bonds is 6. The van der Waals surface area contributed by atoms with Crippen LogP contribution in [0, 0.1) is 11.8 Å². The van der Waals surface area contributed by atoms with Crippen LogP contribution in [-0.4, -0.2) is 27.3 Å². The van der Waals surface area contributed by atoms with Crippen LogP contribution in [0.5, 0.6) is 5.88 Å². The molecule has 1 fully saturated rings. The molecule has 23 heavy (non-hydrogen) atoms. The smallest absolute Gasteiger partial charge is 0.228 e. The quantitative estimate of drug-likeness (QED) is 0.890. The summed E-state index contributed by atoms with van der Waals surface area (Å²) >= 11 is 0. The summed E-state index contributed by atoms with van der Waals surface area (Å²) in [6.45, 7) is 4.80. The standard InChI is InChI=1S/C17H22N4O2/c1-11(2)10-23-16-5-4-13(8-18-16)20-17(22)15-6-14(15)12-7-19-21(3)9-12/h4-5,7-9,11,14-15H,6,10H2,1-3H3,(H,20,22)/t14-,15+/m1/s1. The molecule has 6 nitrogen and oxygen atoms in total. The number of nitrogens with zero attached hydrogens (tertiary/aromatic N) is 3. The van der Waals surface area contributed by atoms with Crippen LogP contribution < -0.4 is 10.1 Å². The predicted molar refractivity (Wildman–Crippen MR) is 87.3 cm³/mol. The van der Waals surface area contributed by atoms with Crippen molar-refractivity contribution in [3.05, 3.63) is 36.3 Å². The second-order valence-corrected chi connectivity index (χ2v) is 6.48. The highest BCUT2D eigenvalue weighted by Gasteiger charge is 2.44. The summed E-state index contributed by atoms with van der Waals surface area (Å²) in [4.78, 5) is 16.5. The van der Waals surface area contributed by atoms with Crippen molar-refractivity contribution in [1.29, 1.82) is 0 Å². The van der Waals surface area contributed by atoms with Crippen molar-refractivity contribution in [3.63, 3.8) is 0 Å². The fraction of sp³-hybridized carbons (Fsp3) is 0.471. The summed E-state index contributed by atoms with van der Waals surface area (Å²) < 4.78 is 7.30. The number of pyridine rings is 1. The molecule has 1 saturated carbocycles. The van der Waals surface area contributed by atoms with Gasteiger partial charge in [-0.25, -0.2) is 4.98 Å². The van der Waals surface area contributed by atoms with Gasteiger partial charge in [-0.3, -0.25) is 9.48 Å². The van der Waals surface area contributed by atoms with E-state index >= 15 is 0 Å². The van der Waals surface area contributed by atoms with Gasteiger partial charge < -0.3 is 10.1 Å². The van der Waals surface area contributed by atoms with Gasteiger partial charge in [0.25, 0.3) is 0 Å². The van der Waals surface area contributed by atoms with Gasteiger partial charge in [0, 0.05) is 25.2 Å². The maximum absolute atomic E-state index is 12.3. The molecule has 0 spiro atoms. The zero-order valence-electron chi connectivity index (χ0n) is 13.7. The molecule has 1 aliphatic carbocycles. The minimum absolute atomic E-state index is 0.0241. The lowest BCUT2D eigenvalue weighted by atomic mass is 10.2. The van der Waals surface area contributed by atoms with Crippen LogP contribution in [-0.2, 0) is 11.8 Å². The highest BCUT2D eigenvalue weighted by molar-refractivity contribution is 5.95. The molecule has 2 aromatic heterocycles. The maximum Gasteiger partial charge on any atom is 0.228 e. The van der Waals surface area contributed by atoms with Gasteiger partial charge in [0.1, 0.15) is 0 Å². The van der Waals surface area contributed by atoms with E-state index in [0.717, 1.165) is 12.0 Å². The Balaban J connectivity index is 1.52. The SMILES string of the molecule is CC(C)COc1ccc(NC(=O)[C@H]2C[C@@H]2c2cnn(C)c2)cn1. The van der Waals surface area contributed by atoms with Gasteiger partial charge in [-0.1, -0.05) is 13.8 Å². The number of nitrogens with one attached hydrogen (secondary N) is 1. The molecule has 1 aliphatic rings. The lowest BCUT2D eigenvalue weighted by Gasteiger charge is -2.08. The van der Waals surface area contributed by atoms with Crippen molar-refractivity contribution in [2.24, 2.45) is 18.9 Å². The molecular weight excluding hydrogens is 292 g/mol. The van der Waals surface area contributed by atoms with Crippen molar-refractivity contribution in [1.82, 2.24) is 14.8 Å². The first-order chi connectivity index (χ1) is 11.0. The second-order valence-electron chi connectivity index (χ2n) is 6.48. The van der Waals surface area contributed by atoms with Crippen molar-refractivity contribution in [2.45, 2.75) is 26.2 Å². The first-order valence-electron chi connectivity index (χ1n) is 7.91. The van der Waals surface area contributed by atoms with E-state index in [4.69, 9.17) is 4.74 Å². The van der Waals surface area contributed by atoms with Crippen LogP contribution in [0.3, 0.4) is 0 Å².